The van der Waals surface area contributed by atoms with Gasteiger partial charge in [0.15, 0.2) is 5.82 Å². The Labute approximate surface area is 203 Å². The topological polar surface area (TPSA) is 87.8 Å². The van der Waals surface area contributed by atoms with E-state index in [-0.39, 0.29) is 11.9 Å². The zero-order valence-corrected chi connectivity index (χ0v) is 19.6. The molecular formula is C26H29FN6O2. The fourth-order valence-electron chi connectivity index (χ4n) is 4.56. The number of fused-ring (bicyclic) bond motifs is 1. The first-order valence-electron chi connectivity index (χ1n) is 11.9. The van der Waals surface area contributed by atoms with Crippen LogP contribution in [0.4, 0.5) is 10.2 Å². The number of pyridine rings is 1. The number of aryl methyl sites for hydroxylation is 1. The number of hydrogen-bond donors (Lipinski definition) is 2. The second-order valence-corrected chi connectivity index (χ2v) is 8.83. The monoisotopic (exact) mass is 476 g/mol. The van der Waals surface area contributed by atoms with Gasteiger partial charge in [-0.15, -0.1) is 0 Å². The molecule has 2 unspecified atom stereocenters. The van der Waals surface area contributed by atoms with Gasteiger partial charge in [0.2, 0.25) is 0 Å². The first kappa shape index (κ1) is 23.2. The van der Waals surface area contributed by atoms with Crippen LogP contribution in [0.1, 0.15) is 24.8 Å². The predicted octanol–water partition coefficient (Wildman–Crippen LogP) is 3.77. The number of piperidine rings is 1. The summed E-state index contributed by atoms with van der Waals surface area (Å²) in [6, 6.07) is 13.0. The smallest absolute Gasteiger partial charge is 0.180 e. The summed E-state index contributed by atoms with van der Waals surface area (Å²) in [5.74, 6) is 1.65. The number of nitrogens with one attached hydrogen (secondary N) is 1. The Morgan fingerprint density at radius 3 is 2.86 bits per heavy atom. The van der Waals surface area contributed by atoms with Crippen molar-refractivity contribution in [3.8, 4) is 17.3 Å². The quantitative estimate of drug-likeness (QED) is 0.400. The summed E-state index contributed by atoms with van der Waals surface area (Å²) in [6.45, 7) is 1.59. The van der Waals surface area contributed by atoms with Gasteiger partial charge >= 0.3 is 0 Å². The molecule has 2 N–H and O–H groups in total. The lowest BCUT2D eigenvalue weighted by atomic mass is 10.0. The first-order valence-corrected chi connectivity index (χ1v) is 11.9. The van der Waals surface area contributed by atoms with Crippen molar-refractivity contribution in [2.45, 2.75) is 38.0 Å². The van der Waals surface area contributed by atoms with Crippen molar-refractivity contribution in [1.82, 2.24) is 24.3 Å². The minimum atomic E-state index is -0.504. The molecule has 35 heavy (non-hydrogen) atoms. The van der Waals surface area contributed by atoms with Gasteiger partial charge in [-0.25, -0.2) is 19.3 Å². The molecule has 0 bridgehead atoms. The summed E-state index contributed by atoms with van der Waals surface area (Å²) in [5, 5.41) is 14.3. The minimum absolute atomic E-state index is 0.154. The SMILES string of the molecule is COc1ccc(CCC(O)N2CCCC(Nc3ccnc(-c4cnc5ccc(F)cn45)n3)C2)cc1. The van der Waals surface area contributed by atoms with E-state index in [4.69, 9.17) is 4.74 Å². The first-order chi connectivity index (χ1) is 17.1. The maximum absolute atomic E-state index is 13.8. The van der Waals surface area contributed by atoms with Crippen molar-refractivity contribution in [1.29, 1.82) is 0 Å². The molecule has 0 spiro atoms. The van der Waals surface area contributed by atoms with Crippen molar-refractivity contribution >= 4 is 11.5 Å². The Morgan fingerprint density at radius 2 is 2.03 bits per heavy atom. The number of aliphatic hydroxyl groups excluding tert-OH is 1. The number of rotatable bonds is 8. The second kappa shape index (κ2) is 10.4. The largest absolute Gasteiger partial charge is 0.497 e. The van der Waals surface area contributed by atoms with E-state index in [2.05, 4.69) is 25.2 Å². The van der Waals surface area contributed by atoms with Crippen LogP contribution in [0, 0.1) is 5.82 Å². The fourth-order valence-corrected chi connectivity index (χ4v) is 4.56. The molecule has 0 saturated carbocycles. The number of ether oxygens (including phenoxy) is 1. The van der Waals surface area contributed by atoms with E-state index in [9.17, 15) is 9.50 Å². The van der Waals surface area contributed by atoms with Crippen LogP contribution >= 0.6 is 0 Å². The number of imidazole rings is 1. The van der Waals surface area contributed by atoms with Gasteiger partial charge in [-0.3, -0.25) is 9.30 Å². The molecule has 1 saturated heterocycles. The van der Waals surface area contributed by atoms with Gasteiger partial charge in [0.05, 0.1) is 13.3 Å². The highest BCUT2D eigenvalue weighted by Crippen LogP contribution is 2.22. The maximum Gasteiger partial charge on any atom is 0.180 e. The number of likely N-dealkylation sites (tertiary alicyclic amines) is 1. The third-order valence-corrected chi connectivity index (χ3v) is 6.43. The van der Waals surface area contributed by atoms with Gasteiger partial charge in [-0.2, -0.15) is 0 Å². The van der Waals surface area contributed by atoms with Gasteiger partial charge < -0.3 is 15.2 Å². The van der Waals surface area contributed by atoms with Crippen LogP contribution in [0.25, 0.3) is 17.2 Å². The van der Waals surface area contributed by atoms with Gasteiger partial charge in [-0.05, 0) is 61.6 Å². The molecule has 2 atom stereocenters. The maximum atomic E-state index is 13.8. The van der Waals surface area contributed by atoms with Crippen LogP contribution in [-0.4, -0.2) is 61.8 Å². The van der Waals surface area contributed by atoms with Crippen LogP contribution in [0.3, 0.4) is 0 Å². The van der Waals surface area contributed by atoms with Crippen LogP contribution in [0.2, 0.25) is 0 Å². The molecule has 1 aliphatic heterocycles. The van der Waals surface area contributed by atoms with E-state index in [1.165, 1.54) is 17.8 Å². The molecule has 0 amide bonds. The molecule has 1 fully saturated rings. The van der Waals surface area contributed by atoms with Crippen molar-refractivity contribution in [3.05, 3.63) is 72.4 Å². The van der Waals surface area contributed by atoms with Crippen LogP contribution in [-0.2, 0) is 6.42 Å². The zero-order valence-electron chi connectivity index (χ0n) is 19.6. The highest BCUT2D eigenvalue weighted by molar-refractivity contribution is 5.58. The second-order valence-electron chi connectivity index (χ2n) is 8.83. The molecule has 1 aliphatic rings. The van der Waals surface area contributed by atoms with Crippen LogP contribution in [0.5, 0.6) is 5.75 Å². The van der Waals surface area contributed by atoms with Gasteiger partial charge in [0, 0.05) is 31.5 Å². The Morgan fingerprint density at radius 1 is 1.17 bits per heavy atom. The number of anilines is 1. The van der Waals surface area contributed by atoms with Crippen molar-refractivity contribution in [3.63, 3.8) is 0 Å². The predicted molar refractivity (Wildman–Crippen MR) is 132 cm³/mol. The van der Waals surface area contributed by atoms with E-state index in [1.54, 1.807) is 30.0 Å². The molecular weight excluding hydrogens is 447 g/mol. The summed E-state index contributed by atoms with van der Waals surface area (Å²) in [4.78, 5) is 15.5. The standard InChI is InChI=1S/C26H29FN6O2/c1-35-21-8-4-18(5-9-21)6-11-25(34)32-14-2-3-20(17-32)30-23-12-13-28-26(31-23)22-15-29-24-10-7-19(27)16-33(22)24/h4-5,7-10,12-13,15-16,20,25,34H,2-3,6,11,14,17H2,1H3,(H,28,30,31). The number of hydrogen-bond acceptors (Lipinski definition) is 7. The highest BCUT2D eigenvalue weighted by Gasteiger charge is 2.25. The molecule has 0 radical (unpaired) electrons. The molecule has 9 heteroatoms. The number of methoxy groups -OCH3 is 1. The van der Waals surface area contributed by atoms with Crippen molar-refractivity contribution in [2.24, 2.45) is 0 Å². The number of aromatic nitrogens is 4. The highest BCUT2D eigenvalue weighted by atomic mass is 19.1. The van der Waals surface area contributed by atoms with E-state index in [0.717, 1.165) is 38.1 Å². The summed E-state index contributed by atoms with van der Waals surface area (Å²) in [7, 11) is 1.66. The van der Waals surface area contributed by atoms with Crippen LogP contribution in [0.15, 0.2) is 61.1 Å². The lowest BCUT2D eigenvalue weighted by molar-refractivity contribution is -0.0156. The lowest BCUT2D eigenvalue weighted by Crippen LogP contribution is -2.47. The average molecular weight is 477 g/mol. The Balaban J connectivity index is 1.21. The lowest BCUT2D eigenvalue weighted by Gasteiger charge is -2.36. The number of halogens is 1. The fraction of sp³-hybridized carbons (Fsp3) is 0.346. The third kappa shape index (κ3) is 5.41. The van der Waals surface area contributed by atoms with Crippen LogP contribution < -0.4 is 10.1 Å². The van der Waals surface area contributed by atoms with Gasteiger partial charge in [0.1, 0.15) is 35.0 Å². The zero-order chi connectivity index (χ0) is 24.2. The molecule has 182 valence electrons. The molecule has 3 aromatic heterocycles. The number of benzene rings is 1. The minimum Gasteiger partial charge on any atom is -0.497 e. The average Bonchev–Trinajstić information content (AvgIpc) is 3.31. The molecule has 0 aliphatic carbocycles. The Kier molecular flexibility index (Phi) is 6.87. The summed E-state index contributed by atoms with van der Waals surface area (Å²) < 4.78 is 20.6. The number of nitrogens with zero attached hydrogens (tertiary/aromatic N) is 5. The van der Waals surface area contributed by atoms with Gasteiger partial charge in [-0.1, -0.05) is 12.1 Å². The van der Waals surface area contributed by atoms with Crippen molar-refractivity contribution < 1.29 is 14.2 Å². The Bertz CT molecular complexity index is 1280. The molecule has 4 heterocycles. The molecule has 8 nitrogen and oxygen atoms in total. The van der Waals surface area contributed by atoms with E-state index in [0.29, 0.717) is 29.4 Å². The summed E-state index contributed by atoms with van der Waals surface area (Å²) in [6.07, 6.45) is 7.66. The van der Waals surface area contributed by atoms with E-state index < -0.39 is 6.23 Å². The molecule has 5 rings (SSSR count). The van der Waals surface area contributed by atoms with E-state index in [1.807, 2.05) is 30.3 Å². The Hall–Kier alpha value is -3.56. The van der Waals surface area contributed by atoms with Crippen molar-refractivity contribution in [2.75, 3.05) is 25.5 Å². The van der Waals surface area contributed by atoms with Gasteiger partial charge in [0.25, 0.3) is 0 Å². The number of aliphatic hydroxyl groups is 1. The molecule has 4 aromatic rings. The summed E-state index contributed by atoms with van der Waals surface area (Å²) in [5.41, 5.74) is 2.44. The van der Waals surface area contributed by atoms with E-state index >= 15 is 0 Å². The summed E-state index contributed by atoms with van der Waals surface area (Å²) >= 11 is 0. The third-order valence-electron chi connectivity index (χ3n) is 6.43. The molecule has 1 aromatic carbocycles. The normalized spacial score (nSPS) is 17.4.